The Morgan fingerprint density at radius 2 is 1.72 bits per heavy atom. The van der Waals surface area contributed by atoms with E-state index in [1.807, 2.05) is 43.3 Å². The van der Waals surface area contributed by atoms with Crippen molar-refractivity contribution in [1.82, 2.24) is 4.31 Å². The SMILES string of the molecule is Cc1c(C(=O)Nc2cccc(S(=O)(=O)N(C)C)c2)oc2c1ccc1ccccc12. The van der Waals surface area contributed by atoms with Gasteiger partial charge in [0.05, 0.1) is 4.90 Å². The number of rotatable bonds is 4. The van der Waals surface area contributed by atoms with Crippen LogP contribution in [0.3, 0.4) is 0 Å². The first-order valence-corrected chi connectivity index (χ1v) is 10.5. The Kier molecular flexibility index (Phi) is 4.64. The predicted molar refractivity (Wildman–Crippen MR) is 114 cm³/mol. The van der Waals surface area contributed by atoms with E-state index in [9.17, 15) is 13.2 Å². The molecule has 0 saturated heterocycles. The molecule has 0 aliphatic rings. The molecule has 4 aromatic rings. The largest absolute Gasteiger partial charge is 0.450 e. The maximum Gasteiger partial charge on any atom is 0.291 e. The van der Waals surface area contributed by atoms with Crippen LogP contribution in [0.15, 0.2) is 70.0 Å². The van der Waals surface area contributed by atoms with E-state index in [0.717, 1.165) is 26.0 Å². The van der Waals surface area contributed by atoms with Gasteiger partial charge in [-0.1, -0.05) is 42.5 Å². The first-order valence-electron chi connectivity index (χ1n) is 9.04. The number of hydrogen-bond donors (Lipinski definition) is 1. The lowest BCUT2D eigenvalue weighted by atomic mass is 10.1. The van der Waals surface area contributed by atoms with Gasteiger partial charge < -0.3 is 9.73 Å². The van der Waals surface area contributed by atoms with Gasteiger partial charge in [-0.25, -0.2) is 12.7 Å². The molecule has 0 saturated carbocycles. The number of fused-ring (bicyclic) bond motifs is 3. The molecule has 29 heavy (non-hydrogen) atoms. The van der Waals surface area contributed by atoms with E-state index in [-0.39, 0.29) is 10.7 Å². The molecular weight excluding hydrogens is 388 g/mol. The van der Waals surface area contributed by atoms with Crippen LogP contribution in [-0.4, -0.2) is 32.7 Å². The number of sulfonamides is 1. The fourth-order valence-corrected chi connectivity index (χ4v) is 4.25. The minimum Gasteiger partial charge on any atom is -0.450 e. The van der Waals surface area contributed by atoms with Gasteiger partial charge in [-0.15, -0.1) is 0 Å². The van der Waals surface area contributed by atoms with Gasteiger partial charge in [0.1, 0.15) is 5.58 Å². The fourth-order valence-electron chi connectivity index (χ4n) is 3.30. The number of amides is 1. The Bertz CT molecular complexity index is 1350. The Morgan fingerprint density at radius 1 is 0.966 bits per heavy atom. The van der Waals surface area contributed by atoms with E-state index in [1.54, 1.807) is 12.1 Å². The molecule has 0 radical (unpaired) electrons. The number of aryl methyl sites for hydroxylation is 1. The molecule has 1 N–H and O–H groups in total. The third-order valence-electron chi connectivity index (χ3n) is 4.91. The van der Waals surface area contributed by atoms with Crippen molar-refractivity contribution in [3.05, 3.63) is 72.0 Å². The number of benzene rings is 3. The van der Waals surface area contributed by atoms with Gasteiger partial charge in [-0.3, -0.25) is 4.79 Å². The topological polar surface area (TPSA) is 79.6 Å². The van der Waals surface area contributed by atoms with Crippen LogP contribution in [0.25, 0.3) is 21.7 Å². The van der Waals surface area contributed by atoms with Crippen LogP contribution in [0.1, 0.15) is 16.1 Å². The standard InChI is InChI=1S/C22H20N2O4S/c1-14-18-12-11-15-7-4-5-10-19(15)21(18)28-20(14)22(25)23-16-8-6-9-17(13-16)29(26,27)24(2)3/h4-13H,1-3H3,(H,23,25). The van der Waals surface area contributed by atoms with Gasteiger partial charge in [-0.05, 0) is 30.5 Å². The van der Waals surface area contributed by atoms with Crippen LogP contribution in [0, 0.1) is 6.92 Å². The highest BCUT2D eigenvalue weighted by Gasteiger charge is 2.21. The minimum atomic E-state index is -3.59. The molecule has 1 amide bonds. The van der Waals surface area contributed by atoms with E-state index >= 15 is 0 Å². The highest BCUT2D eigenvalue weighted by atomic mass is 32.2. The molecule has 0 spiro atoms. The summed E-state index contributed by atoms with van der Waals surface area (Å²) in [7, 11) is -0.672. The Hall–Kier alpha value is -3.16. The van der Waals surface area contributed by atoms with Gasteiger partial charge in [-0.2, -0.15) is 0 Å². The van der Waals surface area contributed by atoms with Crippen LogP contribution >= 0.6 is 0 Å². The van der Waals surface area contributed by atoms with Crippen molar-refractivity contribution in [2.75, 3.05) is 19.4 Å². The van der Waals surface area contributed by atoms with Gasteiger partial charge in [0.25, 0.3) is 5.91 Å². The van der Waals surface area contributed by atoms with E-state index in [0.29, 0.717) is 11.3 Å². The highest BCUT2D eigenvalue weighted by molar-refractivity contribution is 7.89. The van der Waals surface area contributed by atoms with Gasteiger partial charge in [0, 0.05) is 36.1 Å². The van der Waals surface area contributed by atoms with Gasteiger partial charge in [0.2, 0.25) is 10.0 Å². The monoisotopic (exact) mass is 408 g/mol. The smallest absolute Gasteiger partial charge is 0.291 e. The number of carbonyl (C=O) groups is 1. The molecule has 3 aromatic carbocycles. The minimum absolute atomic E-state index is 0.104. The van der Waals surface area contributed by atoms with Crippen LogP contribution < -0.4 is 5.32 Å². The molecule has 0 bridgehead atoms. The van der Waals surface area contributed by atoms with Gasteiger partial charge >= 0.3 is 0 Å². The molecule has 0 aliphatic carbocycles. The summed E-state index contributed by atoms with van der Waals surface area (Å²) in [6.07, 6.45) is 0. The molecule has 7 heteroatoms. The van der Waals surface area contributed by atoms with Crippen molar-refractivity contribution >= 4 is 43.4 Å². The second kappa shape index (κ2) is 7.02. The summed E-state index contributed by atoms with van der Waals surface area (Å²) in [6.45, 7) is 1.84. The van der Waals surface area contributed by atoms with Crippen molar-refractivity contribution < 1.29 is 17.6 Å². The first kappa shape index (κ1) is 19.2. The van der Waals surface area contributed by atoms with E-state index in [4.69, 9.17) is 4.42 Å². The lowest BCUT2D eigenvalue weighted by Gasteiger charge is -2.12. The lowest BCUT2D eigenvalue weighted by Crippen LogP contribution is -2.22. The summed E-state index contributed by atoms with van der Waals surface area (Å²) in [4.78, 5) is 13.0. The Morgan fingerprint density at radius 3 is 2.48 bits per heavy atom. The van der Waals surface area contributed by atoms with E-state index in [1.165, 1.54) is 26.2 Å². The molecular formula is C22H20N2O4S. The van der Waals surface area contributed by atoms with Crippen LogP contribution in [0.2, 0.25) is 0 Å². The van der Waals surface area contributed by atoms with E-state index < -0.39 is 15.9 Å². The molecule has 0 unspecified atom stereocenters. The van der Waals surface area contributed by atoms with E-state index in [2.05, 4.69) is 5.32 Å². The van der Waals surface area contributed by atoms with Crippen molar-refractivity contribution in [3.63, 3.8) is 0 Å². The summed E-state index contributed by atoms with van der Waals surface area (Å²) >= 11 is 0. The first-order chi connectivity index (χ1) is 13.8. The molecule has 4 rings (SSSR count). The number of nitrogens with zero attached hydrogens (tertiary/aromatic N) is 1. The number of carbonyl (C=O) groups excluding carboxylic acids is 1. The average Bonchev–Trinajstić information content (AvgIpc) is 3.05. The summed E-state index contributed by atoms with van der Waals surface area (Å²) in [5.41, 5.74) is 1.78. The van der Waals surface area contributed by atoms with Crippen molar-refractivity contribution in [2.45, 2.75) is 11.8 Å². The Balaban J connectivity index is 1.72. The molecule has 1 aromatic heterocycles. The van der Waals surface area contributed by atoms with Crippen molar-refractivity contribution in [2.24, 2.45) is 0 Å². The van der Waals surface area contributed by atoms with Crippen LogP contribution in [0.5, 0.6) is 0 Å². The normalized spacial score (nSPS) is 12.0. The summed E-state index contributed by atoms with van der Waals surface area (Å²) in [5, 5.41) is 5.58. The molecule has 1 heterocycles. The number of nitrogens with one attached hydrogen (secondary N) is 1. The van der Waals surface area contributed by atoms with Crippen LogP contribution in [0.4, 0.5) is 5.69 Å². The lowest BCUT2D eigenvalue weighted by molar-refractivity contribution is 0.0998. The summed E-state index contributed by atoms with van der Waals surface area (Å²) < 4.78 is 31.7. The second-order valence-corrected chi connectivity index (χ2v) is 9.14. The third-order valence-corrected chi connectivity index (χ3v) is 6.72. The quantitative estimate of drug-likeness (QED) is 0.543. The molecule has 6 nitrogen and oxygen atoms in total. The maximum atomic E-state index is 12.9. The van der Waals surface area contributed by atoms with Gasteiger partial charge in [0.15, 0.2) is 5.76 Å². The predicted octanol–water partition coefficient (Wildman–Crippen LogP) is 4.40. The zero-order valence-corrected chi connectivity index (χ0v) is 17.1. The number of furan rings is 1. The highest BCUT2D eigenvalue weighted by Crippen LogP contribution is 2.32. The van der Waals surface area contributed by atoms with Crippen molar-refractivity contribution in [3.8, 4) is 0 Å². The summed E-state index contributed by atoms with van der Waals surface area (Å²) in [5.74, 6) is -0.223. The zero-order chi connectivity index (χ0) is 20.8. The average molecular weight is 408 g/mol. The zero-order valence-electron chi connectivity index (χ0n) is 16.3. The fraction of sp³-hybridized carbons (Fsp3) is 0.136. The summed E-state index contributed by atoms with van der Waals surface area (Å²) in [6, 6.07) is 17.9. The van der Waals surface area contributed by atoms with Crippen molar-refractivity contribution in [1.29, 1.82) is 0 Å². The number of hydrogen-bond acceptors (Lipinski definition) is 4. The van der Waals surface area contributed by atoms with Crippen LogP contribution in [-0.2, 0) is 10.0 Å². The number of anilines is 1. The molecule has 0 atom stereocenters. The third kappa shape index (κ3) is 3.28. The molecule has 0 aliphatic heterocycles. The molecule has 0 fully saturated rings. The maximum absolute atomic E-state index is 12.9. The Labute approximate surface area is 168 Å². The molecule has 148 valence electrons. The second-order valence-electron chi connectivity index (χ2n) is 6.99.